The maximum atomic E-state index is 11.3. The predicted molar refractivity (Wildman–Crippen MR) is 86.9 cm³/mol. The summed E-state index contributed by atoms with van der Waals surface area (Å²) in [5, 5.41) is 11.0. The number of aliphatic carboxylic acids is 1. The first kappa shape index (κ1) is 15.3. The first-order chi connectivity index (χ1) is 10.5. The number of fused-ring (bicyclic) bond motifs is 1. The molecule has 116 valence electrons. The number of benzene rings is 1. The van der Waals surface area contributed by atoms with Gasteiger partial charge < -0.3 is 5.11 Å². The number of pyridine rings is 1. The van der Waals surface area contributed by atoms with E-state index in [1.54, 1.807) is 6.20 Å². The maximum absolute atomic E-state index is 11.3. The highest BCUT2D eigenvalue weighted by Crippen LogP contribution is 2.27. The van der Waals surface area contributed by atoms with E-state index in [0.29, 0.717) is 24.0 Å². The van der Waals surface area contributed by atoms with Crippen molar-refractivity contribution in [3.8, 4) is 0 Å². The minimum Gasteiger partial charge on any atom is -0.481 e. The van der Waals surface area contributed by atoms with Crippen molar-refractivity contribution in [2.75, 3.05) is 13.1 Å². The highest BCUT2D eigenvalue weighted by atomic mass is 35.5. The lowest BCUT2D eigenvalue weighted by Crippen LogP contribution is -2.42. The summed E-state index contributed by atoms with van der Waals surface area (Å²) in [4.78, 5) is 18.0. The summed E-state index contributed by atoms with van der Waals surface area (Å²) < 4.78 is 0. The average Bonchev–Trinajstić information content (AvgIpc) is 2.46. The van der Waals surface area contributed by atoms with Gasteiger partial charge in [0.15, 0.2) is 0 Å². The van der Waals surface area contributed by atoms with Crippen molar-refractivity contribution in [3.63, 3.8) is 0 Å². The number of halogens is 1. The van der Waals surface area contributed by atoms with Gasteiger partial charge in [0.1, 0.15) is 0 Å². The third-order valence-electron chi connectivity index (χ3n) is 4.23. The monoisotopic (exact) mass is 318 g/mol. The number of likely N-dealkylation sites (tertiary alicyclic amines) is 1. The Balaban J connectivity index is 1.88. The minimum atomic E-state index is -0.703. The Morgan fingerprint density at radius 3 is 3.05 bits per heavy atom. The van der Waals surface area contributed by atoms with Gasteiger partial charge in [0.2, 0.25) is 0 Å². The van der Waals surface area contributed by atoms with E-state index in [9.17, 15) is 9.90 Å². The SMILES string of the molecule is CC1CC(C(=O)O)CN(Cc2cc(Cl)cc3cccnc23)C1. The van der Waals surface area contributed by atoms with Crippen molar-refractivity contribution in [2.24, 2.45) is 11.8 Å². The van der Waals surface area contributed by atoms with E-state index in [4.69, 9.17) is 11.6 Å². The average molecular weight is 319 g/mol. The second-order valence-electron chi connectivity index (χ2n) is 6.21. The molecule has 0 saturated carbocycles. The Morgan fingerprint density at radius 2 is 2.27 bits per heavy atom. The van der Waals surface area contributed by atoms with Crippen LogP contribution in [0.2, 0.25) is 5.02 Å². The predicted octanol–water partition coefficient (Wildman–Crippen LogP) is 3.43. The summed E-state index contributed by atoms with van der Waals surface area (Å²) >= 11 is 6.21. The molecule has 1 fully saturated rings. The van der Waals surface area contributed by atoms with Crippen molar-refractivity contribution in [1.82, 2.24) is 9.88 Å². The fourth-order valence-corrected chi connectivity index (χ4v) is 3.61. The standard InChI is InChI=1S/C17H19ClN2O2/c1-11-5-14(17(21)22)10-20(8-11)9-13-7-15(18)6-12-3-2-4-19-16(12)13/h2-4,6-7,11,14H,5,8-10H2,1H3,(H,21,22). The molecule has 22 heavy (non-hydrogen) atoms. The fraction of sp³-hybridized carbons (Fsp3) is 0.412. The number of aromatic nitrogens is 1. The molecule has 0 amide bonds. The van der Waals surface area contributed by atoms with Crippen LogP contribution in [0.1, 0.15) is 18.9 Å². The maximum Gasteiger partial charge on any atom is 0.307 e. The van der Waals surface area contributed by atoms with Crippen LogP contribution >= 0.6 is 11.6 Å². The molecule has 0 bridgehead atoms. The largest absolute Gasteiger partial charge is 0.481 e. The van der Waals surface area contributed by atoms with Gasteiger partial charge in [0.05, 0.1) is 11.4 Å². The molecular formula is C17H19ClN2O2. The van der Waals surface area contributed by atoms with E-state index >= 15 is 0 Å². The number of hydrogen-bond donors (Lipinski definition) is 1. The molecule has 2 atom stereocenters. The summed E-state index contributed by atoms with van der Waals surface area (Å²) in [5.74, 6) is -0.610. The Morgan fingerprint density at radius 1 is 1.45 bits per heavy atom. The summed E-state index contributed by atoms with van der Waals surface area (Å²) in [6.07, 6.45) is 2.53. The molecule has 2 aromatic rings. The number of nitrogens with zero attached hydrogens (tertiary/aromatic N) is 2. The van der Waals surface area contributed by atoms with Crippen LogP contribution in [-0.4, -0.2) is 34.0 Å². The van der Waals surface area contributed by atoms with E-state index in [-0.39, 0.29) is 5.92 Å². The van der Waals surface area contributed by atoms with Gasteiger partial charge in [-0.05, 0) is 36.1 Å². The van der Waals surface area contributed by atoms with E-state index in [1.165, 1.54) is 0 Å². The lowest BCUT2D eigenvalue weighted by Gasteiger charge is -2.34. The molecule has 1 saturated heterocycles. The molecule has 1 aromatic carbocycles. The Labute approximate surface area is 134 Å². The van der Waals surface area contributed by atoms with Gasteiger partial charge in [0, 0.05) is 36.2 Å². The van der Waals surface area contributed by atoms with Crippen molar-refractivity contribution < 1.29 is 9.90 Å². The van der Waals surface area contributed by atoms with E-state index in [0.717, 1.165) is 29.4 Å². The Kier molecular flexibility index (Phi) is 4.32. The molecule has 1 aromatic heterocycles. The zero-order valence-corrected chi connectivity index (χ0v) is 13.3. The third kappa shape index (κ3) is 3.23. The van der Waals surface area contributed by atoms with Crippen molar-refractivity contribution in [1.29, 1.82) is 0 Å². The van der Waals surface area contributed by atoms with Crippen LogP contribution in [0.25, 0.3) is 10.9 Å². The second kappa shape index (κ2) is 6.23. The molecule has 1 N–H and O–H groups in total. The van der Waals surface area contributed by atoms with Crippen LogP contribution in [0.5, 0.6) is 0 Å². The number of carboxylic acids is 1. The normalized spacial score (nSPS) is 22.8. The molecule has 4 nitrogen and oxygen atoms in total. The quantitative estimate of drug-likeness (QED) is 0.942. The van der Waals surface area contributed by atoms with Crippen LogP contribution in [0.15, 0.2) is 30.5 Å². The lowest BCUT2D eigenvalue weighted by molar-refractivity contribution is -0.144. The van der Waals surface area contributed by atoms with Crippen molar-refractivity contribution in [2.45, 2.75) is 19.9 Å². The van der Waals surface area contributed by atoms with Crippen LogP contribution in [-0.2, 0) is 11.3 Å². The topological polar surface area (TPSA) is 53.4 Å². The number of rotatable bonds is 3. The van der Waals surface area contributed by atoms with Crippen LogP contribution < -0.4 is 0 Å². The number of carboxylic acid groups (broad SMARTS) is 1. The van der Waals surface area contributed by atoms with Gasteiger partial charge in [-0.15, -0.1) is 0 Å². The molecular weight excluding hydrogens is 300 g/mol. The van der Waals surface area contributed by atoms with E-state index < -0.39 is 5.97 Å². The molecule has 3 rings (SSSR count). The van der Waals surface area contributed by atoms with Gasteiger partial charge in [-0.25, -0.2) is 0 Å². The molecule has 0 aliphatic carbocycles. The van der Waals surface area contributed by atoms with Crippen molar-refractivity contribution >= 4 is 28.5 Å². The minimum absolute atomic E-state index is 0.290. The molecule has 5 heteroatoms. The lowest BCUT2D eigenvalue weighted by atomic mass is 9.90. The number of carbonyl (C=O) groups is 1. The molecule has 2 unspecified atom stereocenters. The smallest absolute Gasteiger partial charge is 0.307 e. The van der Waals surface area contributed by atoms with Gasteiger partial charge >= 0.3 is 5.97 Å². The second-order valence-corrected chi connectivity index (χ2v) is 6.65. The zero-order valence-electron chi connectivity index (χ0n) is 12.5. The molecule has 0 spiro atoms. The summed E-state index contributed by atoms with van der Waals surface area (Å²) in [6.45, 7) is 4.28. The summed E-state index contributed by atoms with van der Waals surface area (Å²) in [6, 6.07) is 7.74. The summed E-state index contributed by atoms with van der Waals surface area (Å²) in [5.41, 5.74) is 2.00. The molecule has 1 aliphatic rings. The summed E-state index contributed by atoms with van der Waals surface area (Å²) in [7, 11) is 0. The molecule has 2 heterocycles. The van der Waals surface area contributed by atoms with Crippen LogP contribution in [0, 0.1) is 11.8 Å². The van der Waals surface area contributed by atoms with Gasteiger partial charge in [-0.1, -0.05) is 24.6 Å². The van der Waals surface area contributed by atoms with E-state index in [2.05, 4.69) is 16.8 Å². The van der Waals surface area contributed by atoms with Crippen LogP contribution in [0.3, 0.4) is 0 Å². The zero-order chi connectivity index (χ0) is 15.7. The Bertz CT molecular complexity index is 704. The highest BCUT2D eigenvalue weighted by Gasteiger charge is 2.29. The van der Waals surface area contributed by atoms with Gasteiger partial charge in [-0.2, -0.15) is 0 Å². The first-order valence-corrected chi connectivity index (χ1v) is 7.89. The van der Waals surface area contributed by atoms with Crippen LogP contribution in [0.4, 0.5) is 0 Å². The Hall–Kier alpha value is -1.65. The fourth-order valence-electron chi connectivity index (χ4n) is 3.36. The highest BCUT2D eigenvalue weighted by molar-refractivity contribution is 6.31. The van der Waals surface area contributed by atoms with Crippen molar-refractivity contribution in [3.05, 3.63) is 41.0 Å². The number of piperidine rings is 1. The first-order valence-electron chi connectivity index (χ1n) is 7.51. The number of hydrogen-bond acceptors (Lipinski definition) is 3. The third-order valence-corrected chi connectivity index (χ3v) is 4.45. The molecule has 1 aliphatic heterocycles. The molecule has 0 radical (unpaired) electrons. The van der Waals surface area contributed by atoms with E-state index in [1.807, 2.05) is 24.3 Å². The van der Waals surface area contributed by atoms with Gasteiger partial charge in [-0.3, -0.25) is 14.7 Å². The van der Waals surface area contributed by atoms with Gasteiger partial charge in [0.25, 0.3) is 0 Å².